The number of piperazine rings is 1. The average Bonchev–Trinajstić information content (AvgIpc) is 2.40. The van der Waals surface area contributed by atoms with Crippen LogP contribution in [0, 0.1) is 13.8 Å². The van der Waals surface area contributed by atoms with E-state index < -0.39 is 0 Å². The highest BCUT2D eigenvalue weighted by Gasteiger charge is 2.21. The van der Waals surface area contributed by atoms with Crippen LogP contribution in [0.25, 0.3) is 0 Å². The molecule has 0 radical (unpaired) electrons. The minimum atomic E-state index is -0.157. The van der Waals surface area contributed by atoms with Gasteiger partial charge in [-0.1, -0.05) is 12.1 Å². The molecule has 2 rings (SSSR count). The van der Waals surface area contributed by atoms with E-state index in [1.807, 2.05) is 32.0 Å². The summed E-state index contributed by atoms with van der Waals surface area (Å²) in [6, 6.07) is 5.74. The van der Waals surface area contributed by atoms with E-state index in [2.05, 4.69) is 5.32 Å². The third-order valence-corrected chi connectivity index (χ3v) is 3.30. The van der Waals surface area contributed by atoms with Gasteiger partial charge in [-0.3, -0.25) is 9.59 Å². The molecule has 0 aromatic heterocycles. The lowest BCUT2D eigenvalue weighted by Crippen LogP contribution is -2.51. The molecule has 102 valence electrons. The summed E-state index contributed by atoms with van der Waals surface area (Å²) in [5.74, 6) is 0.442. The average molecular weight is 262 g/mol. The number of hydrogen-bond acceptors (Lipinski definition) is 3. The second kappa shape index (κ2) is 5.73. The van der Waals surface area contributed by atoms with Gasteiger partial charge >= 0.3 is 0 Å². The Labute approximate surface area is 112 Å². The fourth-order valence-electron chi connectivity index (χ4n) is 1.96. The van der Waals surface area contributed by atoms with Crippen LogP contribution in [0.15, 0.2) is 18.2 Å². The Bertz CT molecular complexity index is 499. The molecule has 1 aliphatic rings. The van der Waals surface area contributed by atoms with Crippen molar-refractivity contribution in [2.45, 2.75) is 13.8 Å². The molecule has 0 spiro atoms. The fraction of sp³-hybridized carbons (Fsp3) is 0.429. The molecule has 1 N–H and O–H groups in total. The van der Waals surface area contributed by atoms with E-state index in [1.165, 1.54) is 4.90 Å². The molecule has 1 heterocycles. The van der Waals surface area contributed by atoms with Gasteiger partial charge in [0.2, 0.25) is 5.91 Å². The first-order valence-electron chi connectivity index (χ1n) is 6.31. The number of aryl methyl sites for hydroxylation is 1. The number of hydrogen-bond donors (Lipinski definition) is 1. The predicted octanol–water partition coefficient (Wildman–Crippen LogP) is 0.641. The summed E-state index contributed by atoms with van der Waals surface area (Å²) < 4.78 is 5.54. The van der Waals surface area contributed by atoms with Crippen LogP contribution < -0.4 is 10.1 Å². The van der Waals surface area contributed by atoms with Crippen LogP contribution in [0.1, 0.15) is 11.1 Å². The Kier molecular flexibility index (Phi) is 4.04. The summed E-state index contributed by atoms with van der Waals surface area (Å²) in [6.07, 6.45) is 0. The Morgan fingerprint density at radius 2 is 2.21 bits per heavy atom. The van der Waals surface area contributed by atoms with Crippen molar-refractivity contribution in [2.24, 2.45) is 0 Å². The molecule has 1 fully saturated rings. The Balaban J connectivity index is 1.93. The van der Waals surface area contributed by atoms with E-state index >= 15 is 0 Å². The van der Waals surface area contributed by atoms with E-state index in [4.69, 9.17) is 4.74 Å². The quantitative estimate of drug-likeness (QED) is 0.869. The molecule has 0 saturated carbocycles. The molecule has 5 heteroatoms. The van der Waals surface area contributed by atoms with E-state index in [-0.39, 0.29) is 25.0 Å². The fourth-order valence-corrected chi connectivity index (χ4v) is 1.96. The van der Waals surface area contributed by atoms with Crippen LogP contribution in [0.3, 0.4) is 0 Å². The van der Waals surface area contributed by atoms with Crippen LogP contribution >= 0.6 is 0 Å². The van der Waals surface area contributed by atoms with Gasteiger partial charge in [0.1, 0.15) is 5.75 Å². The molecule has 1 aliphatic heterocycles. The van der Waals surface area contributed by atoms with Gasteiger partial charge < -0.3 is 15.0 Å². The highest BCUT2D eigenvalue weighted by atomic mass is 16.5. The maximum Gasteiger partial charge on any atom is 0.261 e. The lowest BCUT2D eigenvalue weighted by Gasteiger charge is -2.26. The first-order chi connectivity index (χ1) is 9.08. The first kappa shape index (κ1) is 13.4. The van der Waals surface area contributed by atoms with Gasteiger partial charge in [-0.2, -0.15) is 0 Å². The maximum atomic E-state index is 11.9. The number of carbonyl (C=O) groups excluding carboxylic acids is 2. The van der Waals surface area contributed by atoms with E-state index in [0.717, 1.165) is 16.9 Å². The van der Waals surface area contributed by atoms with Gasteiger partial charge in [-0.15, -0.1) is 0 Å². The number of nitrogens with one attached hydrogen (secondary N) is 1. The second-order valence-electron chi connectivity index (χ2n) is 4.65. The predicted molar refractivity (Wildman–Crippen MR) is 71.0 cm³/mol. The van der Waals surface area contributed by atoms with Crippen molar-refractivity contribution in [3.05, 3.63) is 29.3 Å². The molecule has 1 aromatic carbocycles. The van der Waals surface area contributed by atoms with Crippen LogP contribution in [0.2, 0.25) is 0 Å². The van der Waals surface area contributed by atoms with Crippen LogP contribution in [0.4, 0.5) is 0 Å². The lowest BCUT2D eigenvalue weighted by atomic mass is 10.1. The molecule has 0 bridgehead atoms. The minimum Gasteiger partial charge on any atom is -0.483 e. The van der Waals surface area contributed by atoms with E-state index in [0.29, 0.717) is 13.1 Å². The molecule has 2 amide bonds. The van der Waals surface area contributed by atoms with Crippen LogP contribution in [0.5, 0.6) is 5.75 Å². The topological polar surface area (TPSA) is 58.6 Å². The first-order valence-corrected chi connectivity index (χ1v) is 6.31. The normalized spacial score (nSPS) is 15.1. The molecule has 0 atom stereocenters. The number of ether oxygens (including phenoxy) is 1. The number of benzene rings is 1. The van der Waals surface area contributed by atoms with Crippen molar-refractivity contribution in [1.82, 2.24) is 10.2 Å². The third kappa shape index (κ3) is 3.24. The van der Waals surface area contributed by atoms with Crippen molar-refractivity contribution in [3.63, 3.8) is 0 Å². The van der Waals surface area contributed by atoms with Crippen molar-refractivity contribution >= 4 is 11.8 Å². The SMILES string of the molecule is Cc1cccc(OCC(=O)N2CCNC(=O)C2)c1C. The second-order valence-corrected chi connectivity index (χ2v) is 4.65. The van der Waals surface area contributed by atoms with Gasteiger partial charge in [0, 0.05) is 13.1 Å². The van der Waals surface area contributed by atoms with E-state index in [1.54, 1.807) is 0 Å². The van der Waals surface area contributed by atoms with Gasteiger partial charge in [0.25, 0.3) is 5.91 Å². The van der Waals surface area contributed by atoms with Crippen molar-refractivity contribution in [3.8, 4) is 5.75 Å². The summed E-state index contributed by atoms with van der Waals surface area (Å²) in [5.41, 5.74) is 2.16. The monoisotopic (exact) mass is 262 g/mol. The molecular formula is C14H18N2O3. The zero-order valence-electron chi connectivity index (χ0n) is 11.2. The summed E-state index contributed by atoms with van der Waals surface area (Å²) >= 11 is 0. The standard InChI is InChI=1S/C14H18N2O3/c1-10-4-3-5-12(11(10)2)19-9-14(18)16-7-6-15-13(17)8-16/h3-5H,6-9H2,1-2H3,(H,15,17). The summed E-state index contributed by atoms with van der Waals surface area (Å²) in [6.45, 7) is 5.10. The van der Waals surface area contributed by atoms with Gasteiger partial charge in [-0.05, 0) is 31.0 Å². The highest BCUT2D eigenvalue weighted by molar-refractivity contribution is 5.86. The number of nitrogens with zero attached hydrogens (tertiary/aromatic N) is 1. The van der Waals surface area contributed by atoms with Crippen molar-refractivity contribution in [2.75, 3.05) is 26.2 Å². The Hall–Kier alpha value is -2.04. The molecule has 5 nitrogen and oxygen atoms in total. The number of amides is 2. The molecule has 19 heavy (non-hydrogen) atoms. The molecular weight excluding hydrogens is 244 g/mol. The third-order valence-electron chi connectivity index (χ3n) is 3.30. The van der Waals surface area contributed by atoms with Gasteiger partial charge in [0.05, 0.1) is 6.54 Å². The Morgan fingerprint density at radius 3 is 2.95 bits per heavy atom. The summed E-state index contributed by atoms with van der Waals surface area (Å²) in [4.78, 5) is 24.7. The summed E-state index contributed by atoms with van der Waals surface area (Å²) in [5, 5.41) is 2.68. The summed E-state index contributed by atoms with van der Waals surface area (Å²) in [7, 11) is 0. The Morgan fingerprint density at radius 1 is 1.42 bits per heavy atom. The zero-order chi connectivity index (χ0) is 13.8. The number of carbonyl (C=O) groups is 2. The molecule has 0 aliphatic carbocycles. The van der Waals surface area contributed by atoms with E-state index in [9.17, 15) is 9.59 Å². The largest absolute Gasteiger partial charge is 0.483 e. The highest BCUT2D eigenvalue weighted by Crippen LogP contribution is 2.20. The van der Waals surface area contributed by atoms with Gasteiger partial charge in [0.15, 0.2) is 6.61 Å². The molecule has 0 unspecified atom stereocenters. The molecule has 1 aromatic rings. The van der Waals surface area contributed by atoms with Crippen LogP contribution in [-0.2, 0) is 9.59 Å². The minimum absolute atomic E-state index is 0.0302. The van der Waals surface area contributed by atoms with Crippen LogP contribution in [-0.4, -0.2) is 43.0 Å². The van der Waals surface area contributed by atoms with Crippen molar-refractivity contribution in [1.29, 1.82) is 0 Å². The zero-order valence-corrected chi connectivity index (χ0v) is 11.2. The molecule has 1 saturated heterocycles. The lowest BCUT2D eigenvalue weighted by molar-refractivity contribution is -0.139. The number of rotatable bonds is 3. The van der Waals surface area contributed by atoms with Gasteiger partial charge in [-0.25, -0.2) is 0 Å². The smallest absolute Gasteiger partial charge is 0.261 e. The van der Waals surface area contributed by atoms with Crippen molar-refractivity contribution < 1.29 is 14.3 Å². The maximum absolute atomic E-state index is 11.9.